The Bertz CT molecular complexity index is 931. The maximum atomic E-state index is 13.8. The molecule has 4 rings (SSSR count). The van der Waals surface area contributed by atoms with Crippen LogP contribution in [0.15, 0.2) is 66.0 Å². The van der Waals surface area contributed by atoms with E-state index in [1.807, 2.05) is 12.1 Å². The van der Waals surface area contributed by atoms with Crippen LogP contribution >= 0.6 is 0 Å². The van der Waals surface area contributed by atoms with Gasteiger partial charge in [-0.3, -0.25) is 4.90 Å². The van der Waals surface area contributed by atoms with Crippen molar-refractivity contribution in [3.63, 3.8) is 0 Å². The summed E-state index contributed by atoms with van der Waals surface area (Å²) in [7, 11) is 0. The van der Waals surface area contributed by atoms with Crippen molar-refractivity contribution in [3.8, 4) is 0 Å². The second-order valence-corrected chi connectivity index (χ2v) is 8.55. The minimum atomic E-state index is -0.164. The van der Waals surface area contributed by atoms with E-state index < -0.39 is 0 Å². The number of nitrogens with one attached hydrogen (secondary N) is 1. The van der Waals surface area contributed by atoms with E-state index in [0.29, 0.717) is 12.5 Å². The maximum absolute atomic E-state index is 13.8. The van der Waals surface area contributed by atoms with E-state index in [1.165, 1.54) is 22.3 Å². The summed E-state index contributed by atoms with van der Waals surface area (Å²) < 4.78 is 27.1. The highest BCUT2D eigenvalue weighted by molar-refractivity contribution is 5.32. The molecule has 0 amide bonds. The summed E-state index contributed by atoms with van der Waals surface area (Å²) in [5, 5.41) is 3.56. The molecule has 0 saturated heterocycles. The number of halogens is 2. The van der Waals surface area contributed by atoms with Gasteiger partial charge in [0.25, 0.3) is 0 Å². The van der Waals surface area contributed by atoms with Gasteiger partial charge in [0.2, 0.25) is 0 Å². The highest BCUT2D eigenvalue weighted by Crippen LogP contribution is 2.30. The van der Waals surface area contributed by atoms with Gasteiger partial charge in [-0.2, -0.15) is 0 Å². The molecule has 2 aromatic rings. The van der Waals surface area contributed by atoms with Gasteiger partial charge in [0.05, 0.1) is 0 Å². The lowest BCUT2D eigenvalue weighted by Crippen LogP contribution is -2.44. The Morgan fingerprint density at radius 3 is 2.60 bits per heavy atom. The Kier molecular flexibility index (Phi) is 6.76. The van der Waals surface area contributed by atoms with Crippen molar-refractivity contribution in [2.75, 3.05) is 13.1 Å². The van der Waals surface area contributed by atoms with E-state index in [1.54, 1.807) is 18.2 Å². The van der Waals surface area contributed by atoms with Crippen LogP contribution in [0.4, 0.5) is 8.78 Å². The average Bonchev–Trinajstić information content (AvgIpc) is 2.74. The Balaban J connectivity index is 1.39. The first-order chi connectivity index (χ1) is 14.6. The maximum Gasteiger partial charge on any atom is 0.123 e. The fraction of sp³-hybridized carbons (Fsp3) is 0.385. The molecule has 0 radical (unpaired) electrons. The zero-order valence-electron chi connectivity index (χ0n) is 17.6. The molecule has 1 unspecified atom stereocenters. The minimum absolute atomic E-state index is 0.0352. The molecule has 0 aromatic heterocycles. The number of hydrogen-bond donors (Lipinski definition) is 1. The zero-order chi connectivity index (χ0) is 20.9. The minimum Gasteiger partial charge on any atom is -0.311 e. The molecule has 2 nitrogen and oxygen atoms in total. The normalized spacial score (nSPS) is 19.2. The Morgan fingerprint density at radius 2 is 1.83 bits per heavy atom. The third-order valence-corrected chi connectivity index (χ3v) is 6.22. The first-order valence-electron chi connectivity index (χ1n) is 10.9. The molecule has 2 aliphatic rings. The molecular formula is C26H30F2N2. The number of benzene rings is 2. The number of fused-ring (bicyclic) bond motifs is 1. The molecule has 1 atom stereocenters. The summed E-state index contributed by atoms with van der Waals surface area (Å²) in [5.74, 6) is -0.199. The number of allylic oxidation sites excluding steroid dienone is 3. The van der Waals surface area contributed by atoms with Gasteiger partial charge in [0, 0.05) is 38.6 Å². The largest absolute Gasteiger partial charge is 0.311 e. The molecule has 0 bridgehead atoms. The fourth-order valence-electron chi connectivity index (χ4n) is 4.42. The fourth-order valence-corrected chi connectivity index (χ4v) is 4.42. The number of aryl methyl sites for hydroxylation is 1. The van der Waals surface area contributed by atoms with Crippen LogP contribution in [-0.2, 0) is 19.5 Å². The van der Waals surface area contributed by atoms with Crippen LogP contribution < -0.4 is 5.32 Å². The number of rotatable bonds is 7. The van der Waals surface area contributed by atoms with E-state index in [2.05, 4.69) is 41.4 Å². The first kappa shape index (κ1) is 21.0. The van der Waals surface area contributed by atoms with E-state index in [9.17, 15) is 8.78 Å². The van der Waals surface area contributed by atoms with E-state index in [4.69, 9.17) is 0 Å². The molecule has 0 spiro atoms. The molecule has 1 heterocycles. The molecule has 4 heteroatoms. The van der Waals surface area contributed by atoms with Gasteiger partial charge in [-0.15, -0.1) is 0 Å². The molecule has 30 heavy (non-hydrogen) atoms. The van der Waals surface area contributed by atoms with Crippen molar-refractivity contribution in [2.45, 2.75) is 51.7 Å². The third-order valence-electron chi connectivity index (χ3n) is 6.22. The summed E-state index contributed by atoms with van der Waals surface area (Å²) in [6.45, 7) is 5.63. The predicted octanol–water partition coefficient (Wildman–Crippen LogP) is 5.61. The third kappa shape index (κ3) is 5.44. The van der Waals surface area contributed by atoms with Gasteiger partial charge in [0.1, 0.15) is 11.6 Å². The van der Waals surface area contributed by atoms with E-state index in [-0.39, 0.29) is 11.6 Å². The zero-order valence-corrected chi connectivity index (χ0v) is 17.6. The lowest BCUT2D eigenvalue weighted by molar-refractivity contribution is 0.169. The summed E-state index contributed by atoms with van der Waals surface area (Å²) in [6.07, 6.45) is 6.58. The molecule has 2 aromatic carbocycles. The van der Waals surface area contributed by atoms with Crippen molar-refractivity contribution < 1.29 is 8.78 Å². The second-order valence-electron chi connectivity index (χ2n) is 8.55. The standard InChI is InChI=1S/C26H30F2N2/c1-19-2-4-21(5-3-19)17-29-12-13-30-18-22-8-11-25(28)15-23(22)16-26(30)14-20-6-9-24(27)10-7-20/h2-6,8-9,11,15,26,29H,7,10,12-14,16-18H2,1H3. The van der Waals surface area contributed by atoms with Crippen molar-refractivity contribution in [2.24, 2.45) is 0 Å². The topological polar surface area (TPSA) is 15.3 Å². The van der Waals surface area contributed by atoms with Gasteiger partial charge in [-0.25, -0.2) is 8.78 Å². The Labute approximate surface area is 178 Å². The second kappa shape index (κ2) is 9.67. The van der Waals surface area contributed by atoms with Crippen LogP contribution in [0.1, 0.15) is 41.5 Å². The van der Waals surface area contributed by atoms with Gasteiger partial charge < -0.3 is 5.32 Å². The Hall–Kier alpha value is -2.30. The number of hydrogen-bond acceptors (Lipinski definition) is 2. The molecule has 1 N–H and O–H groups in total. The van der Waals surface area contributed by atoms with Gasteiger partial charge in [-0.1, -0.05) is 47.5 Å². The van der Waals surface area contributed by atoms with Crippen molar-refractivity contribution in [3.05, 3.63) is 94.1 Å². The summed E-state index contributed by atoms with van der Waals surface area (Å²) in [5.41, 5.74) is 6.19. The summed E-state index contributed by atoms with van der Waals surface area (Å²) in [6, 6.07) is 14.1. The summed E-state index contributed by atoms with van der Waals surface area (Å²) >= 11 is 0. The van der Waals surface area contributed by atoms with Crippen LogP contribution in [0, 0.1) is 12.7 Å². The molecule has 1 aliphatic heterocycles. The van der Waals surface area contributed by atoms with E-state index in [0.717, 1.165) is 51.0 Å². The lowest BCUT2D eigenvalue weighted by Gasteiger charge is -2.38. The molecule has 1 aliphatic carbocycles. The van der Waals surface area contributed by atoms with Gasteiger partial charge in [-0.05, 0) is 61.1 Å². The highest BCUT2D eigenvalue weighted by Gasteiger charge is 2.27. The van der Waals surface area contributed by atoms with Crippen LogP contribution in [0.2, 0.25) is 0 Å². The van der Waals surface area contributed by atoms with Crippen LogP contribution in [0.3, 0.4) is 0 Å². The molecule has 158 valence electrons. The first-order valence-corrected chi connectivity index (χ1v) is 10.9. The average molecular weight is 409 g/mol. The van der Waals surface area contributed by atoms with Crippen LogP contribution in [-0.4, -0.2) is 24.0 Å². The highest BCUT2D eigenvalue weighted by atomic mass is 19.1. The monoisotopic (exact) mass is 408 g/mol. The van der Waals surface area contributed by atoms with Gasteiger partial charge in [0.15, 0.2) is 0 Å². The smallest absolute Gasteiger partial charge is 0.123 e. The van der Waals surface area contributed by atoms with Gasteiger partial charge >= 0.3 is 0 Å². The van der Waals surface area contributed by atoms with Crippen LogP contribution in [0.25, 0.3) is 0 Å². The van der Waals surface area contributed by atoms with E-state index >= 15 is 0 Å². The molecule has 0 fully saturated rings. The summed E-state index contributed by atoms with van der Waals surface area (Å²) in [4.78, 5) is 2.50. The Morgan fingerprint density at radius 1 is 1.00 bits per heavy atom. The number of nitrogens with zero attached hydrogens (tertiary/aromatic N) is 1. The molecule has 0 saturated carbocycles. The predicted molar refractivity (Wildman–Crippen MR) is 118 cm³/mol. The molecular weight excluding hydrogens is 378 g/mol. The quantitative estimate of drug-likeness (QED) is 0.599. The van der Waals surface area contributed by atoms with Crippen LogP contribution in [0.5, 0.6) is 0 Å². The lowest BCUT2D eigenvalue weighted by atomic mass is 9.88. The van der Waals surface area contributed by atoms with Crippen molar-refractivity contribution >= 4 is 0 Å². The SMILES string of the molecule is Cc1ccc(CNCCN2Cc3ccc(F)cc3CC2CC2=CC=C(F)CC2)cc1. The van der Waals surface area contributed by atoms with Crippen molar-refractivity contribution in [1.29, 1.82) is 0 Å². The van der Waals surface area contributed by atoms with Crippen molar-refractivity contribution in [1.82, 2.24) is 10.2 Å².